The largest absolute Gasteiger partial charge is 0.340 e. The van der Waals surface area contributed by atoms with Gasteiger partial charge >= 0.3 is 0 Å². The average molecular weight is 373 g/mol. The molecule has 0 atom stereocenters. The van der Waals surface area contributed by atoms with Crippen LogP contribution in [0, 0.1) is 18.3 Å². The third-order valence-corrected chi connectivity index (χ3v) is 5.47. The van der Waals surface area contributed by atoms with Gasteiger partial charge in [-0.3, -0.25) is 14.9 Å². The lowest BCUT2D eigenvalue weighted by molar-refractivity contribution is -0.115. The van der Waals surface area contributed by atoms with Crippen LogP contribution in [0.3, 0.4) is 0 Å². The molecule has 3 aromatic rings. The molecule has 132 valence electrons. The second-order valence-electron chi connectivity index (χ2n) is 6.22. The summed E-state index contributed by atoms with van der Waals surface area (Å²) in [7, 11) is 0. The predicted molar refractivity (Wildman–Crippen MR) is 106 cm³/mol. The summed E-state index contributed by atoms with van der Waals surface area (Å²) < 4.78 is 2.14. The fourth-order valence-corrected chi connectivity index (χ4v) is 4.00. The zero-order chi connectivity index (χ0) is 19.0. The third kappa shape index (κ3) is 3.03. The van der Waals surface area contributed by atoms with Crippen molar-refractivity contribution in [2.45, 2.75) is 13.5 Å². The summed E-state index contributed by atoms with van der Waals surface area (Å²) in [5.74, 6) is -0.365. The summed E-state index contributed by atoms with van der Waals surface area (Å²) in [4.78, 5) is 23.8. The Morgan fingerprint density at radius 2 is 1.89 bits per heavy atom. The highest BCUT2D eigenvalue weighted by atomic mass is 32.2. The average Bonchev–Trinajstić information content (AvgIpc) is 3.13. The van der Waals surface area contributed by atoms with Crippen LogP contribution in [0.2, 0.25) is 0 Å². The molecule has 0 saturated carbocycles. The number of carbonyl (C=O) groups excluding carboxylic acids is 2. The molecule has 0 aliphatic carbocycles. The number of amides is 2. The van der Waals surface area contributed by atoms with Gasteiger partial charge in [-0.15, -0.1) is 0 Å². The zero-order valence-corrected chi connectivity index (χ0v) is 15.3. The fraction of sp³-hybridized carbons (Fsp3) is 0.0952. The lowest BCUT2D eigenvalue weighted by Gasteiger charge is -2.10. The fourth-order valence-electron chi connectivity index (χ4n) is 3.33. The van der Waals surface area contributed by atoms with E-state index >= 15 is 0 Å². The molecule has 1 aliphatic heterocycles. The number of hydrogen-bond acceptors (Lipinski definition) is 4. The zero-order valence-electron chi connectivity index (χ0n) is 14.5. The minimum absolute atomic E-state index is 0.351. The molecule has 0 radical (unpaired) electrons. The maximum Gasteiger partial charge on any atom is 0.290 e. The van der Waals surface area contributed by atoms with Crippen LogP contribution in [0.15, 0.2) is 53.4 Å². The van der Waals surface area contributed by atoms with Crippen molar-refractivity contribution in [1.29, 1.82) is 5.26 Å². The Labute approximate surface area is 160 Å². The summed E-state index contributed by atoms with van der Waals surface area (Å²) in [6.07, 6.45) is 1.77. The normalized spacial score (nSPS) is 15.3. The monoisotopic (exact) mass is 373 g/mol. The second kappa shape index (κ2) is 6.78. The van der Waals surface area contributed by atoms with E-state index in [1.54, 1.807) is 6.08 Å². The molecular formula is C21H15N3O2S. The number of thioether (sulfide) groups is 1. The molecule has 5 nitrogen and oxygen atoms in total. The van der Waals surface area contributed by atoms with Gasteiger partial charge in [0.15, 0.2) is 0 Å². The molecule has 2 aromatic carbocycles. The van der Waals surface area contributed by atoms with Gasteiger partial charge in [0, 0.05) is 28.7 Å². The molecule has 0 spiro atoms. The van der Waals surface area contributed by atoms with Crippen LogP contribution in [0.4, 0.5) is 4.79 Å². The molecule has 2 heterocycles. The van der Waals surface area contributed by atoms with E-state index in [1.807, 2.05) is 55.5 Å². The van der Waals surface area contributed by atoms with E-state index in [9.17, 15) is 14.9 Å². The molecule has 0 bridgehead atoms. The number of rotatable bonds is 3. The number of carbonyl (C=O) groups is 2. The Hall–Kier alpha value is -3.30. The molecule has 27 heavy (non-hydrogen) atoms. The minimum atomic E-state index is -0.365. The highest BCUT2D eigenvalue weighted by Crippen LogP contribution is 2.32. The van der Waals surface area contributed by atoms with Crippen LogP contribution in [0.1, 0.15) is 22.4 Å². The van der Waals surface area contributed by atoms with Crippen LogP contribution in [0.5, 0.6) is 0 Å². The Balaban J connectivity index is 1.87. The maximum atomic E-state index is 12.0. The predicted octanol–water partition coefficient (Wildman–Crippen LogP) is 4.19. The van der Waals surface area contributed by atoms with E-state index in [4.69, 9.17) is 0 Å². The van der Waals surface area contributed by atoms with Gasteiger partial charge < -0.3 is 4.57 Å². The van der Waals surface area contributed by atoms with Crippen molar-refractivity contribution in [2.75, 3.05) is 0 Å². The molecule has 0 unspecified atom stereocenters. The first-order chi connectivity index (χ1) is 13.1. The van der Waals surface area contributed by atoms with E-state index in [0.29, 0.717) is 17.0 Å². The first-order valence-electron chi connectivity index (χ1n) is 8.39. The first kappa shape index (κ1) is 17.1. The van der Waals surface area contributed by atoms with E-state index in [2.05, 4.69) is 16.0 Å². The Morgan fingerprint density at radius 1 is 1.15 bits per heavy atom. The Morgan fingerprint density at radius 3 is 2.63 bits per heavy atom. The number of hydrogen-bond donors (Lipinski definition) is 1. The third-order valence-electron chi connectivity index (χ3n) is 4.66. The smallest absolute Gasteiger partial charge is 0.290 e. The molecule has 1 fully saturated rings. The van der Waals surface area contributed by atoms with Gasteiger partial charge in [0.25, 0.3) is 11.1 Å². The number of imide groups is 1. The van der Waals surface area contributed by atoms with Crippen molar-refractivity contribution < 1.29 is 9.59 Å². The van der Waals surface area contributed by atoms with Crippen molar-refractivity contribution in [3.05, 3.63) is 75.8 Å². The molecule has 4 rings (SSSR count). The molecular weight excluding hydrogens is 358 g/mol. The molecule has 1 aromatic heterocycles. The summed E-state index contributed by atoms with van der Waals surface area (Å²) in [5.41, 5.74) is 4.48. The Kier molecular flexibility index (Phi) is 4.30. The summed E-state index contributed by atoms with van der Waals surface area (Å²) >= 11 is 0.914. The second-order valence-corrected chi connectivity index (χ2v) is 7.24. The van der Waals surface area contributed by atoms with Crippen molar-refractivity contribution in [3.63, 3.8) is 0 Å². The Bertz CT molecular complexity index is 1170. The van der Waals surface area contributed by atoms with E-state index < -0.39 is 0 Å². The number of nitrogens with one attached hydrogen (secondary N) is 1. The van der Waals surface area contributed by atoms with E-state index in [0.717, 1.165) is 39.5 Å². The van der Waals surface area contributed by atoms with Gasteiger partial charge in [0.2, 0.25) is 0 Å². The lowest BCUT2D eigenvalue weighted by Crippen LogP contribution is -2.17. The molecule has 1 saturated heterocycles. The molecule has 6 heteroatoms. The van der Waals surface area contributed by atoms with Crippen molar-refractivity contribution >= 4 is 39.9 Å². The standard InChI is InChI=1S/C21H15N3O2S/c1-13-17(10-19-20(25)23-21(26)27-19)16-8-4-5-9-18(16)24(13)12-15-7-3-2-6-14(15)11-22/h2-10H,12H2,1H3,(H,23,25,26)/b19-10-. The number of fused-ring (bicyclic) bond motifs is 1. The van der Waals surface area contributed by atoms with Gasteiger partial charge in [-0.25, -0.2) is 0 Å². The highest BCUT2D eigenvalue weighted by Gasteiger charge is 2.26. The summed E-state index contributed by atoms with van der Waals surface area (Å²) in [6, 6.07) is 17.7. The van der Waals surface area contributed by atoms with Crippen LogP contribution in [-0.2, 0) is 11.3 Å². The van der Waals surface area contributed by atoms with Crippen molar-refractivity contribution in [2.24, 2.45) is 0 Å². The maximum absolute atomic E-state index is 12.0. The first-order valence-corrected chi connectivity index (χ1v) is 9.21. The van der Waals surface area contributed by atoms with Crippen LogP contribution in [-0.4, -0.2) is 15.7 Å². The number of nitrogens with zero attached hydrogens (tertiary/aromatic N) is 2. The van der Waals surface area contributed by atoms with Gasteiger partial charge in [-0.05, 0) is 42.5 Å². The summed E-state index contributed by atoms with van der Waals surface area (Å²) in [6.45, 7) is 2.54. The van der Waals surface area contributed by atoms with Crippen molar-refractivity contribution in [1.82, 2.24) is 9.88 Å². The number of para-hydroxylation sites is 1. The van der Waals surface area contributed by atoms with Gasteiger partial charge in [-0.2, -0.15) is 5.26 Å². The van der Waals surface area contributed by atoms with Crippen LogP contribution < -0.4 is 5.32 Å². The molecule has 1 aliphatic rings. The molecule has 1 N–H and O–H groups in total. The number of aromatic nitrogens is 1. The van der Waals surface area contributed by atoms with Gasteiger partial charge in [0.1, 0.15) is 0 Å². The van der Waals surface area contributed by atoms with E-state index in [1.165, 1.54) is 0 Å². The van der Waals surface area contributed by atoms with Gasteiger partial charge in [0.05, 0.1) is 16.5 Å². The van der Waals surface area contributed by atoms with E-state index in [-0.39, 0.29) is 11.1 Å². The SMILES string of the molecule is Cc1c(/C=C2\SC(=O)NC2=O)c2ccccc2n1Cc1ccccc1C#N. The number of benzene rings is 2. The molecule has 2 amide bonds. The number of nitriles is 1. The summed E-state index contributed by atoms with van der Waals surface area (Å²) in [5, 5.41) is 12.3. The van der Waals surface area contributed by atoms with Crippen LogP contribution >= 0.6 is 11.8 Å². The van der Waals surface area contributed by atoms with Crippen molar-refractivity contribution in [3.8, 4) is 6.07 Å². The topological polar surface area (TPSA) is 74.9 Å². The van der Waals surface area contributed by atoms with Gasteiger partial charge in [-0.1, -0.05) is 36.4 Å². The minimum Gasteiger partial charge on any atom is -0.340 e. The highest BCUT2D eigenvalue weighted by molar-refractivity contribution is 8.18. The lowest BCUT2D eigenvalue weighted by atomic mass is 10.1. The quantitative estimate of drug-likeness (QED) is 0.699. The van der Waals surface area contributed by atoms with Crippen LogP contribution in [0.25, 0.3) is 17.0 Å².